The lowest BCUT2D eigenvalue weighted by atomic mass is 10.0. The Kier molecular flexibility index (Phi) is 4.10. The normalized spacial score (nSPS) is 19.7. The summed E-state index contributed by atoms with van der Waals surface area (Å²) in [6, 6.07) is 4.27. The van der Waals surface area contributed by atoms with Gasteiger partial charge in [0.15, 0.2) is 0 Å². The van der Waals surface area contributed by atoms with Gasteiger partial charge in [-0.15, -0.1) is 11.3 Å². The van der Waals surface area contributed by atoms with Crippen LogP contribution in [0.2, 0.25) is 0 Å². The minimum Gasteiger partial charge on any atom is -0.493 e. The Labute approximate surface area is 143 Å². The molecule has 1 atom stereocenters. The highest BCUT2D eigenvalue weighted by atomic mass is 32.1. The van der Waals surface area contributed by atoms with Crippen LogP contribution in [0.25, 0.3) is 0 Å². The first kappa shape index (κ1) is 15.4. The fraction of sp³-hybridized carbons (Fsp3) is 0.412. The standard InChI is InChI=1S/C17H18FN3O2S/c18-11-3-4-12-13(2-1-7-23-15(12)8-11)20-17(22)21-6-5-14-16(9-21)24-10-19-14/h3-4,8,10,13H,1-2,5-7,9H2,(H,20,22). The first-order valence-corrected chi connectivity index (χ1v) is 8.97. The van der Waals surface area contributed by atoms with Gasteiger partial charge in [-0.1, -0.05) is 6.07 Å². The summed E-state index contributed by atoms with van der Waals surface area (Å²) >= 11 is 1.59. The molecule has 1 N–H and O–H groups in total. The molecule has 0 saturated heterocycles. The molecule has 24 heavy (non-hydrogen) atoms. The number of hydrogen-bond acceptors (Lipinski definition) is 4. The number of amides is 2. The lowest BCUT2D eigenvalue weighted by Gasteiger charge is -2.29. The van der Waals surface area contributed by atoms with Crippen LogP contribution in [0, 0.1) is 5.82 Å². The molecule has 2 aliphatic rings. The molecular formula is C17H18FN3O2S. The number of urea groups is 1. The number of thiazole rings is 1. The summed E-state index contributed by atoms with van der Waals surface area (Å²) < 4.78 is 19.0. The Balaban J connectivity index is 1.50. The highest BCUT2D eigenvalue weighted by Crippen LogP contribution is 2.32. The Morgan fingerprint density at radius 1 is 1.46 bits per heavy atom. The average molecular weight is 347 g/mol. The number of aromatic nitrogens is 1. The molecule has 0 spiro atoms. The zero-order valence-electron chi connectivity index (χ0n) is 13.1. The maximum Gasteiger partial charge on any atom is 0.318 e. The second-order valence-corrected chi connectivity index (χ2v) is 7.01. The lowest BCUT2D eigenvalue weighted by Crippen LogP contribution is -2.43. The molecule has 2 aromatic rings. The first-order chi connectivity index (χ1) is 11.7. The van der Waals surface area contributed by atoms with E-state index in [1.807, 2.05) is 10.4 Å². The number of fused-ring (bicyclic) bond motifs is 2. The van der Waals surface area contributed by atoms with Crippen molar-refractivity contribution in [1.82, 2.24) is 15.2 Å². The molecule has 5 nitrogen and oxygen atoms in total. The second kappa shape index (κ2) is 6.39. The SMILES string of the molecule is O=C(NC1CCCOc2cc(F)ccc21)N1CCc2ncsc2C1. The largest absolute Gasteiger partial charge is 0.493 e. The van der Waals surface area contributed by atoms with E-state index in [1.54, 1.807) is 17.4 Å². The second-order valence-electron chi connectivity index (χ2n) is 6.07. The average Bonchev–Trinajstić information content (AvgIpc) is 2.97. The van der Waals surface area contributed by atoms with Crippen LogP contribution in [0.4, 0.5) is 9.18 Å². The third-order valence-electron chi connectivity index (χ3n) is 4.51. The topological polar surface area (TPSA) is 54.5 Å². The smallest absolute Gasteiger partial charge is 0.318 e. The molecule has 4 rings (SSSR count). The number of benzene rings is 1. The van der Waals surface area contributed by atoms with Crippen molar-refractivity contribution in [3.05, 3.63) is 45.7 Å². The van der Waals surface area contributed by atoms with E-state index < -0.39 is 0 Å². The molecule has 1 unspecified atom stereocenters. The fourth-order valence-electron chi connectivity index (χ4n) is 3.23. The van der Waals surface area contributed by atoms with Gasteiger partial charge in [-0.2, -0.15) is 0 Å². The first-order valence-electron chi connectivity index (χ1n) is 8.09. The number of nitrogens with zero attached hydrogens (tertiary/aromatic N) is 2. The van der Waals surface area contributed by atoms with E-state index in [0.29, 0.717) is 25.4 Å². The molecule has 0 aliphatic carbocycles. The fourth-order valence-corrected chi connectivity index (χ4v) is 4.06. The van der Waals surface area contributed by atoms with Gasteiger partial charge in [0, 0.05) is 29.5 Å². The van der Waals surface area contributed by atoms with Gasteiger partial charge in [0.2, 0.25) is 0 Å². The molecule has 1 aromatic carbocycles. The number of rotatable bonds is 1. The Bertz CT molecular complexity index is 764. The summed E-state index contributed by atoms with van der Waals surface area (Å²) in [6.45, 7) is 1.81. The minimum atomic E-state index is -0.325. The summed E-state index contributed by atoms with van der Waals surface area (Å²) in [5.41, 5.74) is 3.78. The molecule has 126 valence electrons. The van der Waals surface area contributed by atoms with Crippen molar-refractivity contribution in [2.75, 3.05) is 13.2 Å². The number of nitrogens with one attached hydrogen (secondary N) is 1. The van der Waals surface area contributed by atoms with Crippen molar-refractivity contribution in [2.24, 2.45) is 0 Å². The van der Waals surface area contributed by atoms with Crippen LogP contribution in [0.15, 0.2) is 23.7 Å². The van der Waals surface area contributed by atoms with E-state index in [2.05, 4.69) is 10.3 Å². The quantitative estimate of drug-likeness (QED) is 0.861. The summed E-state index contributed by atoms with van der Waals surface area (Å²) in [7, 11) is 0. The van der Waals surface area contributed by atoms with E-state index in [-0.39, 0.29) is 17.9 Å². The zero-order chi connectivity index (χ0) is 16.5. The highest BCUT2D eigenvalue weighted by molar-refractivity contribution is 7.09. The van der Waals surface area contributed by atoms with Crippen LogP contribution in [-0.4, -0.2) is 29.1 Å². The maximum atomic E-state index is 13.4. The number of carbonyl (C=O) groups is 1. The molecule has 0 saturated carbocycles. The van der Waals surface area contributed by atoms with E-state index in [0.717, 1.165) is 35.4 Å². The Hall–Kier alpha value is -2.15. The molecule has 3 heterocycles. The molecule has 0 bridgehead atoms. The Morgan fingerprint density at radius 2 is 2.38 bits per heavy atom. The van der Waals surface area contributed by atoms with Gasteiger partial charge in [-0.3, -0.25) is 0 Å². The van der Waals surface area contributed by atoms with E-state index in [1.165, 1.54) is 12.1 Å². The third kappa shape index (κ3) is 2.96. The minimum absolute atomic E-state index is 0.0868. The van der Waals surface area contributed by atoms with Crippen LogP contribution in [-0.2, 0) is 13.0 Å². The lowest BCUT2D eigenvalue weighted by molar-refractivity contribution is 0.188. The van der Waals surface area contributed by atoms with Gasteiger partial charge in [0.25, 0.3) is 0 Å². The van der Waals surface area contributed by atoms with Gasteiger partial charge in [-0.25, -0.2) is 14.2 Å². The van der Waals surface area contributed by atoms with E-state index in [9.17, 15) is 9.18 Å². The van der Waals surface area contributed by atoms with Crippen LogP contribution < -0.4 is 10.1 Å². The molecule has 1 aromatic heterocycles. The predicted octanol–water partition coefficient (Wildman–Crippen LogP) is 3.26. The number of ether oxygens (including phenoxy) is 1. The molecule has 7 heteroatoms. The Morgan fingerprint density at radius 3 is 3.29 bits per heavy atom. The van der Waals surface area contributed by atoms with Crippen molar-refractivity contribution < 1.29 is 13.9 Å². The van der Waals surface area contributed by atoms with Crippen LogP contribution in [0.5, 0.6) is 5.75 Å². The zero-order valence-corrected chi connectivity index (χ0v) is 13.9. The number of halogens is 1. The summed E-state index contributed by atoms with van der Waals surface area (Å²) in [5.74, 6) is 0.204. The van der Waals surface area contributed by atoms with Gasteiger partial charge < -0.3 is 15.0 Å². The molecule has 0 fully saturated rings. The van der Waals surface area contributed by atoms with Gasteiger partial charge in [0.1, 0.15) is 11.6 Å². The number of carbonyl (C=O) groups excluding carboxylic acids is 1. The summed E-state index contributed by atoms with van der Waals surface area (Å²) in [5, 5.41) is 3.10. The van der Waals surface area contributed by atoms with Gasteiger partial charge in [-0.05, 0) is 18.9 Å². The van der Waals surface area contributed by atoms with E-state index >= 15 is 0 Å². The van der Waals surface area contributed by atoms with Crippen molar-refractivity contribution in [1.29, 1.82) is 0 Å². The van der Waals surface area contributed by atoms with Crippen LogP contribution in [0.1, 0.15) is 35.0 Å². The van der Waals surface area contributed by atoms with Crippen LogP contribution in [0.3, 0.4) is 0 Å². The van der Waals surface area contributed by atoms with Crippen molar-refractivity contribution in [3.8, 4) is 5.75 Å². The van der Waals surface area contributed by atoms with Crippen molar-refractivity contribution >= 4 is 17.4 Å². The summed E-state index contributed by atoms with van der Waals surface area (Å²) in [4.78, 5) is 20.0. The maximum absolute atomic E-state index is 13.4. The highest BCUT2D eigenvalue weighted by Gasteiger charge is 2.27. The molecule has 0 radical (unpaired) electrons. The van der Waals surface area contributed by atoms with Gasteiger partial charge in [0.05, 0.1) is 30.4 Å². The van der Waals surface area contributed by atoms with Gasteiger partial charge >= 0.3 is 6.03 Å². The van der Waals surface area contributed by atoms with Crippen LogP contribution >= 0.6 is 11.3 Å². The van der Waals surface area contributed by atoms with E-state index in [4.69, 9.17) is 4.74 Å². The summed E-state index contributed by atoms with van der Waals surface area (Å²) in [6.07, 6.45) is 2.39. The predicted molar refractivity (Wildman–Crippen MR) is 88.6 cm³/mol. The molecular weight excluding hydrogens is 329 g/mol. The van der Waals surface area contributed by atoms with Crippen molar-refractivity contribution in [2.45, 2.75) is 31.8 Å². The molecule has 2 aliphatic heterocycles. The van der Waals surface area contributed by atoms with Crippen molar-refractivity contribution in [3.63, 3.8) is 0 Å². The monoisotopic (exact) mass is 347 g/mol. The molecule has 2 amide bonds. The third-order valence-corrected chi connectivity index (χ3v) is 5.37. The number of hydrogen-bond donors (Lipinski definition) is 1.